The van der Waals surface area contributed by atoms with Gasteiger partial charge < -0.3 is 5.11 Å². The summed E-state index contributed by atoms with van der Waals surface area (Å²) < 4.78 is 0. The van der Waals surface area contributed by atoms with E-state index in [1.165, 1.54) is 38.5 Å². The summed E-state index contributed by atoms with van der Waals surface area (Å²) in [5.74, 6) is 1.88. The number of aliphatic hydroxyl groups excluding tert-OH is 1. The molecule has 2 bridgehead atoms. The number of hydrogen-bond donors (Lipinski definition) is 1. The van der Waals surface area contributed by atoms with Gasteiger partial charge in [0.05, 0.1) is 0 Å². The van der Waals surface area contributed by atoms with E-state index < -0.39 is 0 Å². The fourth-order valence-corrected chi connectivity index (χ4v) is 3.38. The van der Waals surface area contributed by atoms with Crippen molar-refractivity contribution in [2.75, 3.05) is 6.61 Å². The van der Waals surface area contributed by atoms with Gasteiger partial charge in [-0.25, -0.2) is 0 Å². The number of rotatable bonds is 1. The Balaban J connectivity index is 2.05. The van der Waals surface area contributed by atoms with Crippen molar-refractivity contribution in [3.8, 4) is 0 Å². The monoisotopic (exact) mass is 168 g/mol. The molecule has 2 aliphatic carbocycles. The maximum atomic E-state index is 9.31. The molecule has 0 radical (unpaired) electrons. The summed E-state index contributed by atoms with van der Waals surface area (Å²) in [5.41, 5.74) is 0.272. The van der Waals surface area contributed by atoms with Crippen molar-refractivity contribution in [3.05, 3.63) is 0 Å². The van der Waals surface area contributed by atoms with Crippen LogP contribution in [0.25, 0.3) is 0 Å². The first kappa shape index (κ1) is 8.55. The molecule has 2 unspecified atom stereocenters. The third-order valence-electron chi connectivity index (χ3n) is 3.84. The molecule has 1 heteroatoms. The van der Waals surface area contributed by atoms with E-state index in [-0.39, 0.29) is 5.41 Å². The first-order valence-corrected chi connectivity index (χ1v) is 5.33. The van der Waals surface area contributed by atoms with Crippen LogP contribution in [0.3, 0.4) is 0 Å². The molecule has 0 aliphatic heterocycles. The van der Waals surface area contributed by atoms with Crippen LogP contribution in [0.2, 0.25) is 0 Å². The summed E-state index contributed by atoms with van der Waals surface area (Å²) >= 11 is 0. The number of fused-ring (bicyclic) bond motifs is 2. The lowest BCUT2D eigenvalue weighted by atomic mass is 9.62. The SMILES string of the molecule is CC1(CO)CC2CCCC(C2)C1. The van der Waals surface area contributed by atoms with Crippen molar-refractivity contribution in [1.29, 1.82) is 0 Å². The van der Waals surface area contributed by atoms with Crippen LogP contribution in [0.4, 0.5) is 0 Å². The van der Waals surface area contributed by atoms with Gasteiger partial charge in [0.2, 0.25) is 0 Å². The van der Waals surface area contributed by atoms with Crippen molar-refractivity contribution in [1.82, 2.24) is 0 Å². The maximum absolute atomic E-state index is 9.31. The van der Waals surface area contributed by atoms with E-state index in [9.17, 15) is 5.11 Å². The molecule has 2 saturated carbocycles. The molecular formula is C11H20O. The second kappa shape index (κ2) is 3.02. The quantitative estimate of drug-likeness (QED) is 0.638. The lowest BCUT2D eigenvalue weighted by molar-refractivity contribution is 0.0213. The first-order valence-electron chi connectivity index (χ1n) is 5.33. The number of hydrogen-bond acceptors (Lipinski definition) is 1. The van der Waals surface area contributed by atoms with Crippen molar-refractivity contribution in [2.45, 2.75) is 45.4 Å². The zero-order chi connectivity index (χ0) is 8.60. The Hall–Kier alpha value is -0.0400. The fourth-order valence-electron chi connectivity index (χ4n) is 3.38. The third kappa shape index (κ3) is 1.52. The van der Waals surface area contributed by atoms with E-state index in [1.807, 2.05) is 0 Å². The highest BCUT2D eigenvalue weighted by Crippen LogP contribution is 2.48. The van der Waals surface area contributed by atoms with Crippen LogP contribution >= 0.6 is 0 Å². The molecule has 2 atom stereocenters. The molecular weight excluding hydrogens is 148 g/mol. The Kier molecular flexibility index (Phi) is 2.16. The van der Waals surface area contributed by atoms with Crippen molar-refractivity contribution < 1.29 is 5.11 Å². The van der Waals surface area contributed by atoms with Gasteiger partial charge >= 0.3 is 0 Å². The molecule has 0 spiro atoms. The summed E-state index contributed by atoms with van der Waals surface area (Å²) in [5, 5.41) is 9.31. The second-order valence-corrected chi connectivity index (χ2v) is 5.28. The molecule has 0 saturated heterocycles. The second-order valence-electron chi connectivity index (χ2n) is 5.28. The zero-order valence-corrected chi connectivity index (χ0v) is 8.05. The summed E-state index contributed by atoms with van der Waals surface area (Å²) in [6.07, 6.45) is 8.30. The average molecular weight is 168 g/mol. The van der Waals surface area contributed by atoms with Gasteiger partial charge in [-0.15, -0.1) is 0 Å². The third-order valence-corrected chi connectivity index (χ3v) is 3.84. The Morgan fingerprint density at radius 2 is 1.83 bits per heavy atom. The van der Waals surface area contributed by atoms with Crippen molar-refractivity contribution in [2.24, 2.45) is 17.3 Å². The molecule has 2 aliphatic rings. The minimum absolute atomic E-state index is 0.272. The molecule has 70 valence electrons. The van der Waals surface area contributed by atoms with E-state index in [0.717, 1.165) is 11.8 Å². The van der Waals surface area contributed by atoms with Gasteiger partial charge in [0.25, 0.3) is 0 Å². The van der Waals surface area contributed by atoms with Gasteiger partial charge in [-0.05, 0) is 36.5 Å². The standard InChI is InChI=1S/C11H20O/c1-11(8-12)6-9-3-2-4-10(5-9)7-11/h9-10,12H,2-8H2,1H3. The van der Waals surface area contributed by atoms with E-state index in [4.69, 9.17) is 0 Å². The van der Waals surface area contributed by atoms with Crippen LogP contribution in [-0.2, 0) is 0 Å². The topological polar surface area (TPSA) is 20.2 Å². The molecule has 0 heterocycles. The van der Waals surface area contributed by atoms with Crippen LogP contribution in [0.15, 0.2) is 0 Å². The fraction of sp³-hybridized carbons (Fsp3) is 1.00. The Labute approximate surface area is 75.2 Å². The zero-order valence-electron chi connectivity index (χ0n) is 8.05. The van der Waals surface area contributed by atoms with E-state index >= 15 is 0 Å². The van der Waals surface area contributed by atoms with Gasteiger partial charge in [-0.1, -0.05) is 26.2 Å². The van der Waals surface area contributed by atoms with Crippen LogP contribution in [0.5, 0.6) is 0 Å². The summed E-state index contributed by atoms with van der Waals surface area (Å²) in [4.78, 5) is 0. The molecule has 0 amide bonds. The predicted octanol–water partition coefficient (Wildman–Crippen LogP) is 2.59. The Morgan fingerprint density at radius 3 is 2.33 bits per heavy atom. The summed E-state index contributed by atoms with van der Waals surface area (Å²) in [7, 11) is 0. The van der Waals surface area contributed by atoms with E-state index in [1.54, 1.807) is 0 Å². The minimum atomic E-state index is 0.272. The molecule has 1 nitrogen and oxygen atoms in total. The minimum Gasteiger partial charge on any atom is -0.396 e. The lowest BCUT2D eigenvalue weighted by Gasteiger charge is -2.44. The van der Waals surface area contributed by atoms with Crippen molar-refractivity contribution in [3.63, 3.8) is 0 Å². The lowest BCUT2D eigenvalue weighted by Crippen LogP contribution is -2.36. The van der Waals surface area contributed by atoms with Gasteiger partial charge in [-0.3, -0.25) is 0 Å². The molecule has 2 fully saturated rings. The Morgan fingerprint density at radius 1 is 1.25 bits per heavy atom. The van der Waals surface area contributed by atoms with Gasteiger partial charge in [-0.2, -0.15) is 0 Å². The Bertz CT molecular complexity index is 152. The van der Waals surface area contributed by atoms with Gasteiger partial charge in [0, 0.05) is 6.61 Å². The summed E-state index contributed by atoms with van der Waals surface area (Å²) in [6, 6.07) is 0. The molecule has 2 rings (SSSR count). The molecule has 0 aromatic carbocycles. The van der Waals surface area contributed by atoms with Crippen molar-refractivity contribution >= 4 is 0 Å². The number of aliphatic hydroxyl groups is 1. The first-order chi connectivity index (χ1) is 5.72. The van der Waals surface area contributed by atoms with Gasteiger partial charge in [0.15, 0.2) is 0 Å². The highest BCUT2D eigenvalue weighted by Gasteiger charge is 2.38. The van der Waals surface area contributed by atoms with Gasteiger partial charge in [0.1, 0.15) is 0 Å². The highest BCUT2D eigenvalue weighted by molar-refractivity contribution is 4.89. The normalized spacial score (nSPS) is 47.5. The highest BCUT2D eigenvalue weighted by atomic mass is 16.3. The predicted molar refractivity (Wildman–Crippen MR) is 49.9 cm³/mol. The van der Waals surface area contributed by atoms with E-state index in [2.05, 4.69) is 6.92 Å². The molecule has 0 aromatic rings. The maximum Gasteiger partial charge on any atom is 0.0484 e. The van der Waals surface area contributed by atoms with Crippen LogP contribution in [0.1, 0.15) is 45.4 Å². The van der Waals surface area contributed by atoms with Crippen LogP contribution in [0, 0.1) is 17.3 Å². The van der Waals surface area contributed by atoms with Crippen LogP contribution in [-0.4, -0.2) is 11.7 Å². The largest absolute Gasteiger partial charge is 0.396 e. The molecule has 1 N–H and O–H groups in total. The molecule has 12 heavy (non-hydrogen) atoms. The summed E-state index contributed by atoms with van der Waals surface area (Å²) in [6.45, 7) is 2.66. The smallest absolute Gasteiger partial charge is 0.0484 e. The van der Waals surface area contributed by atoms with Crippen LogP contribution < -0.4 is 0 Å². The molecule has 0 aromatic heterocycles. The average Bonchev–Trinajstić information content (AvgIpc) is 2.03. The van der Waals surface area contributed by atoms with E-state index in [0.29, 0.717) is 6.61 Å².